The van der Waals surface area contributed by atoms with E-state index in [0.717, 1.165) is 37.5 Å². The lowest BCUT2D eigenvalue weighted by atomic mass is 9.96. The third-order valence-electron chi connectivity index (χ3n) is 4.08. The van der Waals surface area contributed by atoms with Crippen molar-refractivity contribution in [2.45, 2.75) is 26.9 Å². The van der Waals surface area contributed by atoms with Crippen LogP contribution in [0.25, 0.3) is 0 Å². The molecule has 1 aliphatic heterocycles. The molecule has 0 saturated carbocycles. The number of hydrogen-bond acceptors (Lipinski definition) is 4. The number of ether oxygens (including phenoxy) is 1. The van der Waals surface area contributed by atoms with E-state index in [2.05, 4.69) is 37.1 Å². The highest BCUT2D eigenvalue weighted by Crippen LogP contribution is 2.34. The molecule has 2 rings (SSSR count). The number of methoxy groups -OCH3 is 1. The van der Waals surface area contributed by atoms with Gasteiger partial charge in [0.2, 0.25) is 0 Å². The Morgan fingerprint density at radius 1 is 1.21 bits per heavy atom. The predicted molar refractivity (Wildman–Crippen MR) is 78.6 cm³/mol. The van der Waals surface area contributed by atoms with Crippen LogP contribution in [0, 0.1) is 20.8 Å². The summed E-state index contributed by atoms with van der Waals surface area (Å²) in [5.74, 6) is 0.948. The lowest BCUT2D eigenvalue weighted by molar-refractivity contribution is 0.174. The Labute approximate surface area is 115 Å². The normalized spacial score (nSPS) is 18.4. The van der Waals surface area contributed by atoms with Crippen LogP contribution in [0.5, 0.6) is 5.75 Å². The minimum absolute atomic E-state index is 0.0867. The molecule has 1 saturated heterocycles. The maximum Gasteiger partial charge on any atom is 0.128 e. The van der Waals surface area contributed by atoms with Crippen LogP contribution in [0.4, 0.5) is 0 Å². The molecule has 0 spiro atoms. The van der Waals surface area contributed by atoms with Gasteiger partial charge >= 0.3 is 0 Å². The van der Waals surface area contributed by atoms with Gasteiger partial charge in [-0.2, -0.15) is 0 Å². The third-order valence-corrected chi connectivity index (χ3v) is 4.08. The molecule has 1 heterocycles. The highest BCUT2D eigenvalue weighted by Gasteiger charge is 2.24. The molecule has 0 radical (unpaired) electrons. The van der Waals surface area contributed by atoms with Gasteiger partial charge in [-0.25, -0.2) is 0 Å². The summed E-state index contributed by atoms with van der Waals surface area (Å²) in [6.45, 7) is 10.3. The topological polar surface area (TPSA) is 50.5 Å². The summed E-state index contributed by atoms with van der Waals surface area (Å²) < 4.78 is 5.63. The molecular weight excluding hydrogens is 238 g/mol. The van der Waals surface area contributed by atoms with Crippen LogP contribution in [0.2, 0.25) is 0 Å². The second-order valence-electron chi connectivity index (χ2n) is 5.31. The Hall–Kier alpha value is -1.10. The minimum Gasteiger partial charge on any atom is -0.496 e. The molecular formula is C15H25N3O. The molecule has 1 aromatic rings. The maximum atomic E-state index is 6.48. The summed E-state index contributed by atoms with van der Waals surface area (Å²) in [5, 5.41) is 3.36. The van der Waals surface area contributed by atoms with Gasteiger partial charge in [0.1, 0.15) is 5.75 Å². The van der Waals surface area contributed by atoms with Crippen molar-refractivity contribution in [3.8, 4) is 5.75 Å². The molecule has 1 fully saturated rings. The van der Waals surface area contributed by atoms with Crippen LogP contribution < -0.4 is 15.8 Å². The molecule has 19 heavy (non-hydrogen) atoms. The predicted octanol–water partition coefficient (Wildman–Crippen LogP) is 1.48. The summed E-state index contributed by atoms with van der Waals surface area (Å²) >= 11 is 0. The Balaban J connectivity index is 2.39. The lowest BCUT2D eigenvalue weighted by Crippen LogP contribution is -2.47. The highest BCUT2D eigenvalue weighted by atomic mass is 16.5. The Kier molecular flexibility index (Phi) is 4.45. The van der Waals surface area contributed by atoms with Crippen LogP contribution in [0.1, 0.15) is 28.4 Å². The second kappa shape index (κ2) is 5.90. The van der Waals surface area contributed by atoms with Gasteiger partial charge in [-0.3, -0.25) is 4.90 Å². The zero-order valence-corrected chi connectivity index (χ0v) is 12.4. The Morgan fingerprint density at radius 2 is 1.84 bits per heavy atom. The van der Waals surface area contributed by atoms with Gasteiger partial charge in [-0.15, -0.1) is 0 Å². The van der Waals surface area contributed by atoms with Crippen LogP contribution in [-0.2, 0) is 0 Å². The van der Waals surface area contributed by atoms with Gasteiger partial charge in [0.05, 0.1) is 13.3 Å². The van der Waals surface area contributed by atoms with Crippen molar-refractivity contribution in [2.75, 3.05) is 33.3 Å². The van der Waals surface area contributed by atoms with Gasteiger partial charge in [0.25, 0.3) is 0 Å². The Bertz CT molecular complexity index is 453. The van der Waals surface area contributed by atoms with Crippen molar-refractivity contribution in [1.82, 2.24) is 10.2 Å². The first-order chi connectivity index (χ1) is 9.06. The standard InChI is InChI=1S/C15H25N3O/c1-10-9-11(2)13(14(19-4)12(10)3)15(16)18-7-5-17-6-8-18/h9,15,17H,5-8,16H2,1-4H3. The first-order valence-electron chi connectivity index (χ1n) is 6.91. The minimum atomic E-state index is -0.0867. The first kappa shape index (κ1) is 14.3. The Morgan fingerprint density at radius 3 is 2.42 bits per heavy atom. The van der Waals surface area contributed by atoms with Crippen LogP contribution >= 0.6 is 0 Å². The van der Waals surface area contributed by atoms with Gasteiger partial charge in [0.15, 0.2) is 0 Å². The van der Waals surface area contributed by atoms with Gasteiger partial charge in [0, 0.05) is 31.7 Å². The molecule has 106 valence electrons. The molecule has 1 atom stereocenters. The third kappa shape index (κ3) is 2.76. The van der Waals surface area contributed by atoms with Crippen LogP contribution in [0.3, 0.4) is 0 Å². The van der Waals surface area contributed by atoms with Crippen molar-refractivity contribution < 1.29 is 4.74 Å². The molecule has 0 bridgehead atoms. The molecule has 1 unspecified atom stereocenters. The largest absolute Gasteiger partial charge is 0.496 e. The summed E-state index contributed by atoms with van der Waals surface area (Å²) in [6.07, 6.45) is -0.0867. The number of hydrogen-bond donors (Lipinski definition) is 2. The van der Waals surface area contributed by atoms with E-state index >= 15 is 0 Å². The number of piperazine rings is 1. The van der Waals surface area contributed by atoms with Gasteiger partial charge in [-0.1, -0.05) is 6.07 Å². The summed E-state index contributed by atoms with van der Waals surface area (Å²) in [7, 11) is 1.73. The summed E-state index contributed by atoms with van der Waals surface area (Å²) in [6, 6.07) is 2.20. The molecule has 1 aliphatic rings. The van der Waals surface area contributed by atoms with Crippen LogP contribution in [-0.4, -0.2) is 38.2 Å². The molecule has 4 nitrogen and oxygen atoms in total. The van der Waals surface area contributed by atoms with E-state index in [1.807, 2.05) is 0 Å². The number of nitrogens with one attached hydrogen (secondary N) is 1. The maximum absolute atomic E-state index is 6.48. The molecule has 4 heteroatoms. The number of nitrogens with two attached hydrogens (primary N) is 1. The SMILES string of the molecule is COc1c(C)c(C)cc(C)c1C(N)N1CCNCC1. The average molecular weight is 263 g/mol. The van der Waals surface area contributed by atoms with Crippen molar-refractivity contribution in [3.05, 3.63) is 28.3 Å². The zero-order chi connectivity index (χ0) is 14.0. The first-order valence-corrected chi connectivity index (χ1v) is 6.91. The number of aryl methyl sites for hydroxylation is 2. The zero-order valence-electron chi connectivity index (χ0n) is 12.4. The fraction of sp³-hybridized carbons (Fsp3) is 0.600. The molecule has 0 amide bonds. The van der Waals surface area contributed by atoms with Crippen molar-refractivity contribution in [2.24, 2.45) is 5.73 Å². The molecule has 0 aromatic heterocycles. The molecule has 1 aromatic carbocycles. The van der Waals surface area contributed by atoms with E-state index in [-0.39, 0.29) is 6.17 Å². The number of benzene rings is 1. The number of rotatable bonds is 3. The average Bonchev–Trinajstić information content (AvgIpc) is 2.42. The van der Waals surface area contributed by atoms with Crippen molar-refractivity contribution in [1.29, 1.82) is 0 Å². The lowest BCUT2D eigenvalue weighted by Gasteiger charge is -2.34. The number of nitrogens with zero attached hydrogens (tertiary/aromatic N) is 1. The highest BCUT2D eigenvalue weighted by molar-refractivity contribution is 5.51. The fourth-order valence-corrected chi connectivity index (χ4v) is 2.84. The van der Waals surface area contributed by atoms with E-state index in [1.54, 1.807) is 7.11 Å². The summed E-state index contributed by atoms with van der Waals surface area (Å²) in [4.78, 5) is 2.32. The van der Waals surface area contributed by atoms with Gasteiger partial charge in [-0.05, 0) is 37.5 Å². The van der Waals surface area contributed by atoms with Crippen molar-refractivity contribution in [3.63, 3.8) is 0 Å². The van der Waals surface area contributed by atoms with E-state index in [4.69, 9.17) is 10.5 Å². The fourth-order valence-electron chi connectivity index (χ4n) is 2.84. The van der Waals surface area contributed by atoms with E-state index < -0.39 is 0 Å². The van der Waals surface area contributed by atoms with Crippen molar-refractivity contribution >= 4 is 0 Å². The van der Waals surface area contributed by atoms with Gasteiger partial charge < -0.3 is 15.8 Å². The van der Waals surface area contributed by atoms with E-state index in [9.17, 15) is 0 Å². The quantitative estimate of drug-likeness (QED) is 0.867. The molecule has 0 aliphatic carbocycles. The van der Waals surface area contributed by atoms with E-state index in [0.29, 0.717) is 0 Å². The summed E-state index contributed by atoms with van der Waals surface area (Å²) in [5.41, 5.74) is 11.3. The monoisotopic (exact) mass is 263 g/mol. The second-order valence-corrected chi connectivity index (χ2v) is 5.31. The smallest absolute Gasteiger partial charge is 0.128 e. The molecule has 3 N–H and O–H groups in total. The van der Waals surface area contributed by atoms with E-state index in [1.165, 1.54) is 16.7 Å². The van der Waals surface area contributed by atoms with Crippen LogP contribution in [0.15, 0.2) is 6.07 Å².